The van der Waals surface area contributed by atoms with Crippen LogP contribution in [0.3, 0.4) is 0 Å². The molecular formula is C24H23BrCl2N4O3S. The van der Waals surface area contributed by atoms with Gasteiger partial charge in [0.2, 0.25) is 11.1 Å². The number of carbonyl (C=O) groups excluding carboxylic acids is 1. The number of esters is 1. The number of fused-ring (bicyclic) bond motifs is 1. The van der Waals surface area contributed by atoms with Gasteiger partial charge in [-0.3, -0.25) is 0 Å². The van der Waals surface area contributed by atoms with Gasteiger partial charge in [-0.1, -0.05) is 63.9 Å². The Kier molecular flexibility index (Phi) is 8.31. The summed E-state index contributed by atoms with van der Waals surface area (Å²) < 4.78 is 14.2. The van der Waals surface area contributed by atoms with Crippen molar-refractivity contribution in [3.63, 3.8) is 0 Å². The number of rotatable bonds is 8. The predicted octanol–water partition coefficient (Wildman–Crippen LogP) is 6.89. The summed E-state index contributed by atoms with van der Waals surface area (Å²) in [5, 5.41) is 9.58. The molecule has 1 N–H and O–H groups in total. The van der Waals surface area contributed by atoms with E-state index in [1.165, 1.54) is 11.8 Å². The molecule has 0 spiro atoms. The Bertz CT molecular complexity index is 1300. The molecule has 0 radical (unpaired) electrons. The van der Waals surface area contributed by atoms with Crippen molar-refractivity contribution in [3.8, 4) is 5.75 Å². The predicted molar refractivity (Wildman–Crippen MR) is 142 cm³/mol. The topological polar surface area (TPSA) is 78.3 Å². The lowest BCUT2D eigenvalue weighted by Crippen LogP contribution is -2.30. The minimum Gasteiger partial charge on any atom is -0.488 e. The van der Waals surface area contributed by atoms with Gasteiger partial charge in [0.25, 0.3) is 0 Å². The maximum Gasteiger partial charge on any atom is 0.338 e. The molecular weight excluding hydrogens is 575 g/mol. The van der Waals surface area contributed by atoms with Gasteiger partial charge in [0.1, 0.15) is 18.4 Å². The summed E-state index contributed by atoms with van der Waals surface area (Å²) in [5.74, 6) is 1.51. The highest BCUT2D eigenvalue weighted by atomic mass is 79.9. The van der Waals surface area contributed by atoms with Gasteiger partial charge < -0.3 is 14.8 Å². The lowest BCUT2D eigenvalue weighted by Gasteiger charge is -2.29. The van der Waals surface area contributed by atoms with Crippen LogP contribution < -0.4 is 10.1 Å². The fourth-order valence-corrected chi connectivity index (χ4v) is 5.14. The Morgan fingerprint density at radius 3 is 2.74 bits per heavy atom. The Labute approximate surface area is 226 Å². The van der Waals surface area contributed by atoms with E-state index in [-0.39, 0.29) is 13.2 Å². The molecule has 0 aliphatic carbocycles. The molecule has 1 atom stereocenters. The maximum atomic E-state index is 13.1. The quantitative estimate of drug-likeness (QED) is 0.224. The minimum atomic E-state index is -0.614. The van der Waals surface area contributed by atoms with Crippen molar-refractivity contribution in [2.45, 2.75) is 38.6 Å². The first-order chi connectivity index (χ1) is 16.8. The number of aromatic nitrogens is 3. The summed E-state index contributed by atoms with van der Waals surface area (Å²) in [4.78, 5) is 17.7. The number of halogens is 3. The molecule has 0 saturated carbocycles. The molecule has 7 nitrogen and oxygen atoms in total. The van der Waals surface area contributed by atoms with Gasteiger partial charge in [-0.15, -0.1) is 5.10 Å². The van der Waals surface area contributed by atoms with Crippen molar-refractivity contribution in [2.75, 3.05) is 17.7 Å². The van der Waals surface area contributed by atoms with Crippen LogP contribution in [0.5, 0.6) is 5.75 Å². The molecule has 0 amide bonds. The average molecular weight is 598 g/mol. The zero-order chi connectivity index (χ0) is 25.1. The second kappa shape index (κ2) is 11.2. The summed E-state index contributed by atoms with van der Waals surface area (Å²) in [5.41, 5.74) is 2.60. The minimum absolute atomic E-state index is 0.216. The van der Waals surface area contributed by atoms with Gasteiger partial charge in [0.15, 0.2) is 0 Å². The number of carbonyl (C=O) groups is 1. The summed E-state index contributed by atoms with van der Waals surface area (Å²) in [6, 6.07) is 10.3. The van der Waals surface area contributed by atoms with Crippen LogP contribution >= 0.6 is 50.9 Å². The van der Waals surface area contributed by atoms with E-state index in [1.807, 2.05) is 38.1 Å². The molecule has 1 aromatic heterocycles. The maximum absolute atomic E-state index is 13.1. The van der Waals surface area contributed by atoms with E-state index >= 15 is 0 Å². The molecule has 0 bridgehead atoms. The van der Waals surface area contributed by atoms with Gasteiger partial charge in [-0.25, -0.2) is 9.48 Å². The normalized spacial score (nSPS) is 15.0. The highest BCUT2D eigenvalue weighted by Gasteiger charge is 2.37. The summed E-state index contributed by atoms with van der Waals surface area (Å²) in [6.45, 7) is 6.11. The SMILES string of the molecule is CCOC(=O)C1=C(C)Nc2nc(SCC)nn2C1c1cc(Br)ccc1OCc1ccc(Cl)cc1Cl. The molecule has 184 valence electrons. The molecule has 4 rings (SSSR count). The lowest BCUT2D eigenvalue weighted by atomic mass is 9.95. The Balaban J connectivity index is 1.80. The second-order valence-electron chi connectivity index (χ2n) is 7.59. The first kappa shape index (κ1) is 25.9. The van der Waals surface area contributed by atoms with Gasteiger partial charge in [0, 0.05) is 31.3 Å². The standard InChI is InChI=1S/C24H23BrCl2N4O3S/c1-4-33-22(32)20-13(3)28-23-29-24(35-5-2)30-31(23)21(20)17-10-15(25)7-9-19(17)34-12-14-6-8-16(26)11-18(14)27/h6-11,21H,4-5,12H2,1-3H3,(H,28,29,30). The van der Waals surface area contributed by atoms with E-state index in [4.69, 9.17) is 37.8 Å². The highest BCUT2D eigenvalue weighted by Crippen LogP contribution is 2.41. The number of allylic oxidation sites excluding steroid dienone is 1. The fraction of sp³-hybridized carbons (Fsp3) is 0.292. The summed E-state index contributed by atoms with van der Waals surface area (Å²) >= 11 is 17.5. The molecule has 1 aliphatic rings. The van der Waals surface area contributed by atoms with Crippen molar-refractivity contribution in [1.82, 2.24) is 14.8 Å². The number of nitrogens with one attached hydrogen (secondary N) is 1. The van der Waals surface area contributed by atoms with Crippen molar-refractivity contribution in [3.05, 3.63) is 73.3 Å². The van der Waals surface area contributed by atoms with Gasteiger partial charge in [0.05, 0.1) is 12.2 Å². The number of hydrogen-bond donors (Lipinski definition) is 1. The number of thioether (sulfide) groups is 1. The molecule has 3 aromatic rings. The van der Waals surface area contributed by atoms with Crippen molar-refractivity contribution in [1.29, 1.82) is 0 Å². The van der Waals surface area contributed by atoms with Crippen LogP contribution in [-0.4, -0.2) is 33.1 Å². The van der Waals surface area contributed by atoms with Crippen LogP contribution in [0.15, 0.2) is 57.3 Å². The van der Waals surface area contributed by atoms with E-state index < -0.39 is 12.0 Å². The van der Waals surface area contributed by atoms with Crippen molar-refractivity contribution in [2.24, 2.45) is 0 Å². The molecule has 1 unspecified atom stereocenters. The monoisotopic (exact) mass is 596 g/mol. The van der Waals surface area contributed by atoms with Gasteiger partial charge >= 0.3 is 5.97 Å². The Hall–Kier alpha value is -2.20. The van der Waals surface area contributed by atoms with Crippen LogP contribution in [0, 0.1) is 0 Å². The van der Waals surface area contributed by atoms with E-state index in [2.05, 4.69) is 26.2 Å². The van der Waals surface area contributed by atoms with E-state index in [9.17, 15) is 4.79 Å². The third-order valence-electron chi connectivity index (χ3n) is 5.27. The molecule has 2 aromatic carbocycles. The lowest BCUT2D eigenvalue weighted by molar-refractivity contribution is -0.139. The third-order valence-corrected chi connectivity index (χ3v) is 7.07. The van der Waals surface area contributed by atoms with E-state index in [1.54, 1.807) is 23.7 Å². The average Bonchev–Trinajstić information content (AvgIpc) is 3.20. The summed E-state index contributed by atoms with van der Waals surface area (Å²) in [6.07, 6.45) is 0. The van der Waals surface area contributed by atoms with E-state index in [0.717, 1.165) is 21.4 Å². The number of benzene rings is 2. The van der Waals surface area contributed by atoms with Gasteiger partial charge in [-0.05, 0) is 49.9 Å². The first-order valence-corrected chi connectivity index (χ1v) is 13.5. The number of hydrogen-bond acceptors (Lipinski definition) is 7. The molecule has 35 heavy (non-hydrogen) atoms. The second-order valence-corrected chi connectivity index (χ2v) is 10.6. The van der Waals surface area contributed by atoms with Crippen LogP contribution in [0.2, 0.25) is 10.0 Å². The largest absolute Gasteiger partial charge is 0.488 e. The highest BCUT2D eigenvalue weighted by molar-refractivity contribution is 9.10. The molecule has 1 aliphatic heterocycles. The smallest absolute Gasteiger partial charge is 0.338 e. The van der Waals surface area contributed by atoms with Crippen LogP contribution in [0.4, 0.5) is 5.95 Å². The van der Waals surface area contributed by atoms with Crippen molar-refractivity contribution >= 4 is 62.8 Å². The van der Waals surface area contributed by atoms with Crippen molar-refractivity contribution < 1.29 is 14.3 Å². The first-order valence-electron chi connectivity index (χ1n) is 10.9. The Morgan fingerprint density at radius 2 is 2.03 bits per heavy atom. The van der Waals surface area contributed by atoms with Gasteiger partial charge in [-0.2, -0.15) is 4.98 Å². The molecule has 0 fully saturated rings. The zero-order valence-corrected chi connectivity index (χ0v) is 23.2. The van der Waals surface area contributed by atoms with E-state index in [0.29, 0.717) is 38.2 Å². The zero-order valence-electron chi connectivity index (χ0n) is 19.3. The number of nitrogens with zero attached hydrogens (tertiary/aromatic N) is 3. The summed E-state index contributed by atoms with van der Waals surface area (Å²) in [7, 11) is 0. The van der Waals surface area contributed by atoms with Crippen LogP contribution in [0.1, 0.15) is 37.9 Å². The Morgan fingerprint density at radius 1 is 1.23 bits per heavy atom. The van der Waals surface area contributed by atoms with Crippen LogP contribution in [0.25, 0.3) is 0 Å². The molecule has 2 heterocycles. The van der Waals surface area contributed by atoms with Crippen LogP contribution in [-0.2, 0) is 16.1 Å². The third kappa shape index (κ3) is 5.63. The number of ether oxygens (including phenoxy) is 2. The molecule has 0 saturated heterocycles. The number of anilines is 1. The molecule has 11 heteroatoms. The fourth-order valence-electron chi connectivity index (χ4n) is 3.74.